The van der Waals surface area contributed by atoms with E-state index in [1.54, 1.807) is 6.26 Å². The molecule has 1 unspecified atom stereocenters. The van der Waals surface area contributed by atoms with Crippen LogP contribution in [0.3, 0.4) is 0 Å². The van der Waals surface area contributed by atoms with Gasteiger partial charge in [0, 0.05) is 0 Å². The van der Waals surface area contributed by atoms with E-state index in [0.717, 1.165) is 18.2 Å². The first-order valence-electron chi connectivity index (χ1n) is 8.25. The molecule has 0 spiro atoms. The zero-order chi connectivity index (χ0) is 14.5. The van der Waals surface area contributed by atoms with Crippen molar-refractivity contribution in [3.8, 4) is 0 Å². The normalized spacial score (nSPS) is 17.8. The van der Waals surface area contributed by atoms with Crippen LogP contribution in [0.4, 0.5) is 0 Å². The Morgan fingerprint density at radius 1 is 1.10 bits per heavy atom. The first-order chi connectivity index (χ1) is 10.4. The van der Waals surface area contributed by atoms with Gasteiger partial charge in [-0.2, -0.15) is 0 Å². The lowest BCUT2D eigenvalue weighted by Crippen LogP contribution is -2.21. The molecular weight excluding hydrogens is 258 g/mol. The SMILES string of the molecule is CCNC(c1ccc(C2CCCCC2)cc1)c1ccco1. The van der Waals surface area contributed by atoms with E-state index in [2.05, 4.69) is 36.5 Å². The zero-order valence-corrected chi connectivity index (χ0v) is 12.8. The Bertz CT molecular complexity index is 523. The fraction of sp³-hybridized carbons (Fsp3) is 0.474. The summed E-state index contributed by atoms with van der Waals surface area (Å²) in [6.45, 7) is 3.06. The van der Waals surface area contributed by atoms with Crippen LogP contribution in [0.5, 0.6) is 0 Å². The van der Waals surface area contributed by atoms with Gasteiger partial charge in [0.05, 0.1) is 12.3 Å². The second-order valence-electron chi connectivity index (χ2n) is 6.01. The van der Waals surface area contributed by atoms with Crippen LogP contribution >= 0.6 is 0 Å². The molecule has 1 aliphatic rings. The Balaban J connectivity index is 1.78. The Morgan fingerprint density at radius 3 is 2.48 bits per heavy atom. The molecule has 1 aromatic heterocycles. The topological polar surface area (TPSA) is 25.2 Å². The molecule has 1 heterocycles. The molecule has 112 valence electrons. The third-order valence-electron chi connectivity index (χ3n) is 4.58. The van der Waals surface area contributed by atoms with Crippen LogP contribution in [0.1, 0.15) is 67.9 Å². The molecule has 0 saturated heterocycles. The van der Waals surface area contributed by atoms with E-state index in [-0.39, 0.29) is 6.04 Å². The minimum absolute atomic E-state index is 0.158. The van der Waals surface area contributed by atoms with Gasteiger partial charge in [-0.1, -0.05) is 50.5 Å². The first-order valence-corrected chi connectivity index (χ1v) is 8.25. The fourth-order valence-corrected chi connectivity index (χ4v) is 3.44. The van der Waals surface area contributed by atoms with Gasteiger partial charge in [0.1, 0.15) is 5.76 Å². The molecule has 0 aliphatic heterocycles. The van der Waals surface area contributed by atoms with E-state index in [0.29, 0.717) is 0 Å². The maximum absolute atomic E-state index is 5.59. The minimum atomic E-state index is 0.158. The van der Waals surface area contributed by atoms with Crippen LogP contribution in [0.15, 0.2) is 47.1 Å². The second kappa shape index (κ2) is 6.95. The van der Waals surface area contributed by atoms with E-state index >= 15 is 0 Å². The highest BCUT2D eigenvalue weighted by Crippen LogP contribution is 2.33. The Hall–Kier alpha value is -1.54. The Labute approximate surface area is 127 Å². The highest BCUT2D eigenvalue weighted by molar-refractivity contribution is 5.31. The van der Waals surface area contributed by atoms with E-state index in [4.69, 9.17) is 4.42 Å². The second-order valence-corrected chi connectivity index (χ2v) is 6.01. The van der Waals surface area contributed by atoms with Crippen LogP contribution in [-0.2, 0) is 0 Å². The number of rotatable bonds is 5. The summed E-state index contributed by atoms with van der Waals surface area (Å²) in [4.78, 5) is 0. The van der Waals surface area contributed by atoms with Crippen molar-refractivity contribution in [2.45, 2.75) is 51.0 Å². The lowest BCUT2D eigenvalue weighted by Gasteiger charge is -2.23. The largest absolute Gasteiger partial charge is 0.467 e. The quantitative estimate of drug-likeness (QED) is 0.833. The standard InChI is InChI=1S/C19H25NO/c1-2-20-19(18-9-6-14-21-18)17-12-10-16(11-13-17)15-7-4-3-5-8-15/h6,9-15,19-20H,2-5,7-8H2,1H3. The number of benzene rings is 1. The van der Waals surface area contributed by atoms with Crippen LogP contribution in [0, 0.1) is 0 Å². The lowest BCUT2D eigenvalue weighted by molar-refractivity contribution is 0.442. The van der Waals surface area contributed by atoms with Crippen molar-refractivity contribution in [2.24, 2.45) is 0 Å². The molecule has 2 aromatic rings. The maximum atomic E-state index is 5.59. The molecule has 21 heavy (non-hydrogen) atoms. The van der Waals surface area contributed by atoms with Crippen LogP contribution in [-0.4, -0.2) is 6.54 Å². The summed E-state index contributed by atoms with van der Waals surface area (Å²) in [6, 6.07) is 13.3. The van der Waals surface area contributed by atoms with Gasteiger partial charge in [-0.05, 0) is 48.6 Å². The molecule has 2 heteroatoms. The van der Waals surface area contributed by atoms with Crippen LogP contribution < -0.4 is 5.32 Å². The minimum Gasteiger partial charge on any atom is -0.467 e. The summed E-state index contributed by atoms with van der Waals surface area (Å²) in [5, 5.41) is 3.51. The van der Waals surface area contributed by atoms with Gasteiger partial charge in [-0.15, -0.1) is 0 Å². The molecule has 1 N–H and O–H groups in total. The van der Waals surface area contributed by atoms with E-state index < -0.39 is 0 Å². The highest BCUT2D eigenvalue weighted by atomic mass is 16.3. The van der Waals surface area contributed by atoms with Gasteiger partial charge in [-0.3, -0.25) is 0 Å². The van der Waals surface area contributed by atoms with Gasteiger partial charge in [-0.25, -0.2) is 0 Å². The molecule has 1 aromatic carbocycles. The Kier molecular flexibility index (Phi) is 4.76. The fourth-order valence-electron chi connectivity index (χ4n) is 3.44. The van der Waals surface area contributed by atoms with Crippen LogP contribution in [0.25, 0.3) is 0 Å². The summed E-state index contributed by atoms with van der Waals surface area (Å²) in [7, 11) is 0. The maximum Gasteiger partial charge on any atom is 0.125 e. The van der Waals surface area contributed by atoms with Crippen molar-refractivity contribution >= 4 is 0 Å². The van der Waals surface area contributed by atoms with Gasteiger partial charge < -0.3 is 9.73 Å². The molecule has 1 fully saturated rings. The van der Waals surface area contributed by atoms with E-state index in [1.807, 2.05) is 12.1 Å². The summed E-state index contributed by atoms with van der Waals surface area (Å²) in [5.74, 6) is 1.76. The van der Waals surface area contributed by atoms with Crippen molar-refractivity contribution in [1.29, 1.82) is 0 Å². The summed E-state index contributed by atoms with van der Waals surface area (Å²) < 4.78 is 5.59. The summed E-state index contributed by atoms with van der Waals surface area (Å²) in [6.07, 6.45) is 8.64. The molecule has 1 saturated carbocycles. The van der Waals surface area contributed by atoms with Crippen molar-refractivity contribution in [2.75, 3.05) is 6.54 Å². The van der Waals surface area contributed by atoms with Crippen LogP contribution in [0.2, 0.25) is 0 Å². The van der Waals surface area contributed by atoms with Gasteiger partial charge >= 0.3 is 0 Å². The number of hydrogen-bond acceptors (Lipinski definition) is 2. The van der Waals surface area contributed by atoms with Gasteiger partial charge in [0.15, 0.2) is 0 Å². The predicted molar refractivity (Wildman–Crippen MR) is 86.5 cm³/mol. The average molecular weight is 283 g/mol. The monoisotopic (exact) mass is 283 g/mol. The zero-order valence-electron chi connectivity index (χ0n) is 12.8. The van der Waals surface area contributed by atoms with E-state index in [1.165, 1.54) is 43.2 Å². The van der Waals surface area contributed by atoms with Crippen molar-refractivity contribution in [3.63, 3.8) is 0 Å². The summed E-state index contributed by atoms with van der Waals surface area (Å²) in [5.41, 5.74) is 2.79. The molecule has 0 amide bonds. The van der Waals surface area contributed by atoms with Crippen molar-refractivity contribution in [1.82, 2.24) is 5.32 Å². The van der Waals surface area contributed by atoms with Gasteiger partial charge in [0.25, 0.3) is 0 Å². The predicted octanol–water partition coefficient (Wildman–Crippen LogP) is 5.03. The van der Waals surface area contributed by atoms with E-state index in [9.17, 15) is 0 Å². The lowest BCUT2D eigenvalue weighted by atomic mass is 9.83. The third kappa shape index (κ3) is 3.38. The first kappa shape index (κ1) is 14.4. The number of furan rings is 1. The molecule has 0 radical (unpaired) electrons. The summed E-state index contributed by atoms with van der Waals surface area (Å²) >= 11 is 0. The molecule has 3 rings (SSSR count). The average Bonchev–Trinajstić information content (AvgIpc) is 3.08. The third-order valence-corrected chi connectivity index (χ3v) is 4.58. The number of nitrogens with one attached hydrogen (secondary N) is 1. The molecule has 1 atom stereocenters. The number of hydrogen-bond donors (Lipinski definition) is 1. The molecule has 1 aliphatic carbocycles. The smallest absolute Gasteiger partial charge is 0.125 e. The molecule has 0 bridgehead atoms. The van der Waals surface area contributed by atoms with Crippen molar-refractivity contribution < 1.29 is 4.42 Å². The molecule has 2 nitrogen and oxygen atoms in total. The van der Waals surface area contributed by atoms with Gasteiger partial charge in [0.2, 0.25) is 0 Å². The van der Waals surface area contributed by atoms with Crippen molar-refractivity contribution in [3.05, 3.63) is 59.5 Å². The highest BCUT2D eigenvalue weighted by Gasteiger charge is 2.18. The Morgan fingerprint density at radius 2 is 1.86 bits per heavy atom. The molecular formula is C19H25NO.